The molecule has 0 saturated carbocycles. The molecule has 0 rings (SSSR count). The zero-order valence-corrected chi connectivity index (χ0v) is 13.2. The van der Waals surface area contributed by atoms with Gasteiger partial charge in [-0.2, -0.15) is 0 Å². The third kappa shape index (κ3) is 4.47. The molecule has 1 unspecified atom stereocenters. The van der Waals surface area contributed by atoms with Crippen LogP contribution in [0.1, 0.15) is 81.6 Å². The van der Waals surface area contributed by atoms with Crippen molar-refractivity contribution >= 4 is 0 Å². The van der Waals surface area contributed by atoms with Crippen LogP contribution >= 0.6 is 0 Å². The average molecular weight is 226 g/mol. The fourth-order valence-corrected chi connectivity index (χ4v) is 3.28. The highest BCUT2D eigenvalue weighted by Gasteiger charge is 2.41. The molecular weight excluding hydrogens is 192 g/mol. The topological polar surface area (TPSA) is 0 Å². The summed E-state index contributed by atoms with van der Waals surface area (Å²) in [4.78, 5) is 0. The molecule has 1 atom stereocenters. The Morgan fingerprint density at radius 1 is 0.875 bits per heavy atom. The van der Waals surface area contributed by atoms with Gasteiger partial charge < -0.3 is 0 Å². The molecule has 0 heterocycles. The number of hydrogen-bond donors (Lipinski definition) is 0. The summed E-state index contributed by atoms with van der Waals surface area (Å²) in [5, 5.41) is 0. The minimum atomic E-state index is 0.430. The van der Waals surface area contributed by atoms with Crippen LogP contribution in [0.4, 0.5) is 0 Å². The van der Waals surface area contributed by atoms with E-state index in [0.717, 1.165) is 5.92 Å². The Kier molecular flexibility index (Phi) is 5.10. The van der Waals surface area contributed by atoms with Crippen LogP contribution in [-0.4, -0.2) is 0 Å². The third-order valence-electron chi connectivity index (χ3n) is 4.25. The lowest BCUT2D eigenvalue weighted by Crippen LogP contribution is -2.38. The van der Waals surface area contributed by atoms with Gasteiger partial charge in [0.05, 0.1) is 0 Å². The molecule has 0 aliphatic rings. The molecule has 0 amide bonds. The molecule has 0 heteroatoms. The summed E-state index contributed by atoms with van der Waals surface area (Å²) in [6, 6.07) is 0. The largest absolute Gasteiger partial charge is 0.0648 e. The van der Waals surface area contributed by atoms with E-state index in [9.17, 15) is 0 Å². The number of hydrogen-bond acceptors (Lipinski definition) is 0. The predicted octanol–water partition coefficient (Wildman–Crippen LogP) is 5.91. The Morgan fingerprint density at radius 3 is 1.56 bits per heavy atom. The normalized spacial score (nSPS) is 17.6. The van der Waals surface area contributed by atoms with Gasteiger partial charge in [0.15, 0.2) is 0 Å². The molecule has 0 spiro atoms. The minimum absolute atomic E-state index is 0.430. The maximum absolute atomic E-state index is 2.49. The smallest absolute Gasteiger partial charge is 0.0272 e. The molecule has 0 fully saturated rings. The van der Waals surface area contributed by atoms with Crippen LogP contribution < -0.4 is 0 Å². The maximum atomic E-state index is 2.49. The van der Waals surface area contributed by atoms with Crippen molar-refractivity contribution in [3.05, 3.63) is 0 Å². The van der Waals surface area contributed by atoms with E-state index in [1.807, 2.05) is 0 Å². The molecular formula is C16H34. The summed E-state index contributed by atoms with van der Waals surface area (Å²) in [7, 11) is 0. The van der Waals surface area contributed by atoms with E-state index in [1.54, 1.807) is 0 Å². The summed E-state index contributed by atoms with van der Waals surface area (Å²) >= 11 is 0. The Balaban J connectivity index is 4.93. The summed E-state index contributed by atoms with van der Waals surface area (Å²) in [6.07, 6.45) is 3.92. The first-order chi connectivity index (χ1) is 6.93. The maximum Gasteiger partial charge on any atom is -0.0272 e. The first-order valence-electron chi connectivity index (χ1n) is 6.93. The van der Waals surface area contributed by atoms with E-state index in [4.69, 9.17) is 0 Å². The first kappa shape index (κ1) is 16.0. The molecule has 16 heavy (non-hydrogen) atoms. The van der Waals surface area contributed by atoms with Gasteiger partial charge in [-0.3, -0.25) is 0 Å². The highest BCUT2D eigenvalue weighted by atomic mass is 14.5. The molecule has 0 radical (unpaired) electrons. The standard InChI is InChI=1S/C16H34/c1-10-16(9,12-14(4,5)6)15(7,8)11-13(2)3/h13H,10-12H2,1-9H3. The Morgan fingerprint density at radius 2 is 1.31 bits per heavy atom. The highest BCUT2D eigenvalue weighted by molar-refractivity contribution is 4.91. The number of rotatable bonds is 5. The zero-order chi connectivity index (χ0) is 13.2. The summed E-state index contributed by atoms with van der Waals surface area (Å²) in [6.45, 7) is 21.5. The molecule has 0 N–H and O–H groups in total. The third-order valence-corrected chi connectivity index (χ3v) is 4.25. The highest BCUT2D eigenvalue weighted by Crippen LogP contribution is 2.51. The lowest BCUT2D eigenvalue weighted by Gasteiger charge is -2.48. The van der Waals surface area contributed by atoms with E-state index in [0.29, 0.717) is 16.2 Å². The van der Waals surface area contributed by atoms with E-state index in [-0.39, 0.29) is 0 Å². The molecule has 98 valence electrons. The van der Waals surface area contributed by atoms with Gasteiger partial charge in [-0.25, -0.2) is 0 Å². The molecule has 0 saturated heterocycles. The van der Waals surface area contributed by atoms with Crippen molar-refractivity contribution in [2.75, 3.05) is 0 Å². The van der Waals surface area contributed by atoms with Gasteiger partial charge in [0.25, 0.3) is 0 Å². The molecule has 0 aliphatic heterocycles. The van der Waals surface area contributed by atoms with E-state index >= 15 is 0 Å². The van der Waals surface area contributed by atoms with Gasteiger partial charge in [-0.1, -0.05) is 68.7 Å². The quantitative estimate of drug-likeness (QED) is 0.546. The van der Waals surface area contributed by atoms with Gasteiger partial charge in [0.1, 0.15) is 0 Å². The summed E-state index contributed by atoms with van der Waals surface area (Å²) in [5.41, 5.74) is 1.32. The second-order valence-corrected chi connectivity index (χ2v) is 8.13. The molecule has 0 aromatic heterocycles. The van der Waals surface area contributed by atoms with Crippen molar-refractivity contribution in [2.45, 2.75) is 81.6 Å². The van der Waals surface area contributed by atoms with Gasteiger partial charge in [-0.15, -0.1) is 0 Å². The van der Waals surface area contributed by atoms with Crippen LogP contribution in [0.15, 0.2) is 0 Å². The van der Waals surface area contributed by atoms with Crippen LogP contribution in [0.3, 0.4) is 0 Å². The molecule has 0 nitrogen and oxygen atoms in total. The van der Waals surface area contributed by atoms with Crippen molar-refractivity contribution in [1.29, 1.82) is 0 Å². The SMILES string of the molecule is CCC(C)(CC(C)(C)C)C(C)(C)CC(C)C. The summed E-state index contributed by atoms with van der Waals surface area (Å²) in [5.74, 6) is 0.792. The monoisotopic (exact) mass is 226 g/mol. The van der Waals surface area contributed by atoms with Crippen LogP contribution in [0, 0.1) is 22.2 Å². The lowest BCUT2D eigenvalue weighted by atomic mass is 9.57. The van der Waals surface area contributed by atoms with Crippen LogP contribution in [0.25, 0.3) is 0 Å². The van der Waals surface area contributed by atoms with Crippen LogP contribution in [0.5, 0.6) is 0 Å². The molecule has 0 aromatic carbocycles. The van der Waals surface area contributed by atoms with E-state index in [2.05, 4.69) is 62.3 Å². The van der Waals surface area contributed by atoms with Crippen LogP contribution in [-0.2, 0) is 0 Å². The summed E-state index contributed by atoms with van der Waals surface area (Å²) < 4.78 is 0. The van der Waals surface area contributed by atoms with E-state index < -0.39 is 0 Å². The van der Waals surface area contributed by atoms with Gasteiger partial charge in [0, 0.05) is 0 Å². The average Bonchev–Trinajstić information content (AvgIpc) is 1.98. The fourth-order valence-electron chi connectivity index (χ4n) is 3.28. The lowest BCUT2D eigenvalue weighted by molar-refractivity contribution is 0.0188. The van der Waals surface area contributed by atoms with Gasteiger partial charge in [0.2, 0.25) is 0 Å². The molecule has 0 aromatic rings. The van der Waals surface area contributed by atoms with Crippen LogP contribution in [0.2, 0.25) is 0 Å². The fraction of sp³-hybridized carbons (Fsp3) is 1.00. The van der Waals surface area contributed by atoms with Crippen molar-refractivity contribution in [2.24, 2.45) is 22.2 Å². The Bertz CT molecular complexity index is 205. The predicted molar refractivity (Wildman–Crippen MR) is 75.7 cm³/mol. The Labute approximate surface area is 104 Å². The van der Waals surface area contributed by atoms with Gasteiger partial charge in [-0.05, 0) is 35.0 Å². The van der Waals surface area contributed by atoms with Crippen molar-refractivity contribution < 1.29 is 0 Å². The second kappa shape index (κ2) is 5.10. The molecule has 0 aliphatic carbocycles. The van der Waals surface area contributed by atoms with Crippen molar-refractivity contribution in [1.82, 2.24) is 0 Å². The van der Waals surface area contributed by atoms with Crippen molar-refractivity contribution in [3.63, 3.8) is 0 Å². The minimum Gasteiger partial charge on any atom is -0.0648 e. The van der Waals surface area contributed by atoms with Crippen molar-refractivity contribution in [3.8, 4) is 0 Å². The second-order valence-electron chi connectivity index (χ2n) is 8.13. The molecule has 0 bridgehead atoms. The van der Waals surface area contributed by atoms with Gasteiger partial charge >= 0.3 is 0 Å². The van der Waals surface area contributed by atoms with E-state index in [1.165, 1.54) is 19.3 Å². The zero-order valence-electron chi connectivity index (χ0n) is 13.2. The first-order valence-corrected chi connectivity index (χ1v) is 6.93. The Hall–Kier alpha value is 0.